The lowest BCUT2D eigenvalue weighted by Crippen LogP contribution is -2.29. The first-order valence-corrected chi connectivity index (χ1v) is 14.0. The molecular weight excluding hydrogens is 536 g/mol. The van der Waals surface area contributed by atoms with Crippen molar-refractivity contribution in [2.24, 2.45) is 0 Å². The summed E-state index contributed by atoms with van der Waals surface area (Å²) in [5.74, 6) is 0.0812. The molecule has 7 nitrogen and oxygen atoms in total. The maximum absolute atomic E-state index is 13.7. The fourth-order valence-electron chi connectivity index (χ4n) is 4.84. The second-order valence-electron chi connectivity index (χ2n) is 9.58. The van der Waals surface area contributed by atoms with E-state index in [1.807, 2.05) is 80.6 Å². The van der Waals surface area contributed by atoms with Gasteiger partial charge in [-0.15, -0.1) is 0 Å². The molecule has 1 fully saturated rings. The molecule has 41 heavy (non-hydrogen) atoms. The predicted octanol–water partition coefficient (Wildman–Crippen LogP) is 7.42. The van der Waals surface area contributed by atoms with Gasteiger partial charge in [-0.05, 0) is 61.9 Å². The van der Waals surface area contributed by atoms with E-state index in [1.54, 1.807) is 30.3 Å². The Morgan fingerprint density at radius 2 is 1.66 bits per heavy atom. The first-order chi connectivity index (χ1) is 19.9. The molecule has 1 aliphatic heterocycles. The lowest BCUT2D eigenvalue weighted by Gasteiger charge is -2.23. The van der Waals surface area contributed by atoms with Crippen molar-refractivity contribution in [2.45, 2.75) is 19.9 Å². The van der Waals surface area contributed by atoms with Crippen LogP contribution in [0.4, 0.5) is 5.13 Å². The Morgan fingerprint density at radius 1 is 0.902 bits per heavy atom. The lowest BCUT2D eigenvalue weighted by molar-refractivity contribution is -0.132. The molecule has 0 spiro atoms. The van der Waals surface area contributed by atoms with Crippen LogP contribution in [0.2, 0.25) is 0 Å². The summed E-state index contributed by atoms with van der Waals surface area (Å²) in [5, 5.41) is 11.8. The summed E-state index contributed by atoms with van der Waals surface area (Å²) in [6.07, 6.45) is 0. The lowest BCUT2D eigenvalue weighted by atomic mass is 9.95. The number of benzene rings is 4. The number of thiazole rings is 1. The van der Waals surface area contributed by atoms with Crippen LogP contribution in [0.5, 0.6) is 17.2 Å². The average Bonchev–Trinajstić information content (AvgIpc) is 3.51. The first kappa shape index (κ1) is 26.3. The number of amides is 1. The number of carbonyl (C=O) groups is 2. The zero-order valence-electron chi connectivity index (χ0n) is 22.4. The van der Waals surface area contributed by atoms with E-state index in [0.29, 0.717) is 45.6 Å². The van der Waals surface area contributed by atoms with Crippen LogP contribution in [-0.4, -0.2) is 28.4 Å². The largest absolute Gasteiger partial charge is 0.507 e. The van der Waals surface area contributed by atoms with Crippen molar-refractivity contribution in [1.29, 1.82) is 0 Å². The predicted molar refractivity (Wildman–Crippen MR) is 160 cm³/mol. The topological polar surface area (TPSA) is 89.0 Å². The summed E-state index contributed by atoms with van der Waals surface area (Å²) in [4.78, 5) is 33.3. The molecule has 4 aromatic carbocycles. The molecule has 0 saturated carbocycles. The van der Waals surface area contributed by atoms with Gasteiger partial charge in [0.05, 0.1) is 28.4 Å². The smallest absolute Gasteiger partial charge is 0.301 e. The van der Waals surface area contributed by atoms with E-state index in [1.165, 1.54) is 16.2 Å². The standard InChI is InChI=1S/C33H26N2O5S/c1-3-39-24-16-17-26-27(19-24)41-33(34-26)35-29(22-8-7-11-25(18-22)40-23-9-5-4-6-10-23)28(31(37)32(35)38)30(36)21-14-12-20(2)13-15-21/h4-19,29,36H,3H2,1-2H3. The quantitative estimate of drug-likeness (QED) is 0.126. The highest BCUT2D eigenvalue weighted by molar-refractivity contribution is 7.22. The Labute approximate surface area is 240 Å². The van der Waals surface area contributed by atoms with Crippen LogP contribution in [0.3, 0.4) is 0 Å². The Balaban J connectivity index is 1.50. The normalized spacial score (nSPS) is 16.3. The van der Waals surface area contributed by atoms with Crippen LogP contribution in [0.1, 0.15) is 29.7 Å². The number of aryl methyl sites for hydroxylation is 1. The molecule has 1 aliphatic rings. The summed E-state index contributed by atoms with van der Waals surface area (Å²) in [6, 6.07) is 28.3. The minimum absolute atomic E-state index is 0.00928. The van der Waals surface area contributed by atoms with Crippen LogP contribution in [-0.2, 0) is 9.59 Å². The number of aliphatic hydroxyl groups is 1. The van der Waals surface area contributed by atoms with Crippen molar-refractivity contribution in [3.8, 4) is 17.2 Å². The number of aliphatic hydroxyl groups excluding tert-OH is 1. The summed E-state index contributed by atoms with van der Waals surface area (Å²) < 4.78 is 12.5. The minimum Gasteiger partial charge on any atom is -0.507 e. The molecule has 1 aromatic heterocycles. The number of ketones is 1. The van der Waals surface area contributed by atoms with Gasteiger partial charge in [0, 0.05) is 5.56 Å². The van der Waals surface area contributed by atoms with Crippen LogP contribution in [0.25, 0.3) is 16.0 Å². The number of fused-ring (bicyclic) bond motifs is 1. The SMILES string of the molecule is CCOc1ccc2nc(N3C(=O)C(=O)C(=C(O)c4ccc(C)cc4)C3c3cccc(Oc4ccccc4)c3)sc2c1. The zero-order chi connectivity index (χ0) is 28.5. The Bertz CT molecular complexity index is 1790. The van der Waals surface area contributed by atoms with Gasteiger partial charge in [0.25, 0.3) is 5.78 Å². The van der Waals surface area contributed by atoms with Crippen molar-refractivity contribution in [3.05, 3.63) is 119 Å². The maximum Gasteiger partial charge on any atom is 0.301 e. The van der Waals surface area contributed by atoms with E-state index in [-0.39, 0.29) is 11.3 Å². The van der Waals surface area contributed by atoms with Gasteiger partial charge in [0.1, 0.15) is 23.0 Å². The number of Topliss-reactive ketones (excluding diaryl/α,β-unsaturated/α-hetero) is 1. The van der Waals surface area contributed by atoms with E-state index in [2.05, 4.69) is 0 Å². The van der Waals surface area contributed by atoms with Gasteiger partial charge in [0.15, 0.2) is 5.13 Å². The second kappa shape index (κ2) is 10.9. The van der Waals surface area contributed by atoms with Gasteiger partial charge < -0.3 is 14.6 Å². The monoisotopic (exact) mass is 562 g/mol. The third kappa shape index (κ3) is 5.05. The van der Waals surface area contributed by atoms with Crippen molar-refractivity contribution in [1.82, 2.24) is 4.98 Å². The summed E-state index contributed by atoms with van der Waals surface area (Å²) in [7, 11) is 0. The number of hydrogen-bond acceptors (Lipinski definition) is 7. The highest BCUT2D eigenvalue weighted by Crippen LogP contribution is 2.45. The zero-order valence-corrected chi connectivity index (χ0v) is 23.2. The number of rotatable bonds is 7. The molecule has 1 N–H and O–H groups in total. The van der Waals surface area contributed by atoms with Crippen LogP contribution in [0, 0.1) is 6.92 Å². The number of nitrogens with zero attached hydrogens (tertiary/aromatic N) is 2. The summed E-state index contributed by atoms with van der Waals surface area (Å²) in [6.45, 7) is 4.36. The van der Waals surface area contributed by atoms with Gasteiger partial charge in [0.2, 0.25) is 0 Å². The Kier molecular flexibility index (Phi) is 6.99. The maximum atomic E-state index is 13.7. The van der Waals surface area contributed by atoms with Gasteiger partial charge in [-0.3, -0.25) is 14.5 Å². The van der Waals surface area contributed by atoms with E-state index < -0.39 is 17.7 Å². The fraction of sp³-hybridized carbons (Fsp3) is 0.121. The third-order valence-corrected chi connectivity index (χ3v) is 7.81. The minimum atomic E-state index is -0.928. The number of hydrogen-bond donors (Lipinski definition) is 1. The van der Waals surface area contributed by atoms with Gasteiger partial charge in [-0.2, -0.15) is 0 Å². The molecule has 6 rings (SSSR count). The molecule has 5 aromatic rings. The van der Waals surface area contributed by atoms with E-state index in [4.69, 9.17) is 14.5 Å². The van der Waals surface area contributed by atoms with Crippen molar-refractivity contribution >= 4 is 44.1 Å². The average molecular weight is 563 g/mol. The number of ether oxygens (including phenoxy) is 2. The molecule has 0 bridgehead atoms. The summed E-state index contributed by atoms with van der Waals surface area (Å²) in [5.41, 5.74) is 2.71. The molecule has 0 radical (unpaired) electrons. The number of carbonyl (C=O) groups excluding carboxylic acids is 2. The van der Waals surface area contributed by atoms with Gasteiger partial charge in [-0.25, -0.2) is 4.98 Å². The molecule has 204 valence electrons. The van der Waals surface area contributed by atoms with Crippen molar-refractivity contribution in [3.63, 3.8) is 0 Å². The molecule has 1 saturated heterocycles. The fourth-order valence-corrected chi connectivity index (χ4v) is 5.86. The van der Waals surface area contributed by atoms with Gasteiger partial charge >= 0.3 is 5.91 Å². The second-order valence-corrected chi connectivity index (χ2v) is 10.6. The highest BCUT2D eigenvalue weighted by Gasteiger charge is 2.48. The van der Waals surface area contributed by atoms with Gasteiger partial charge in [-0.1, -0.05) is 71.5 Å². The third-order valence-electron chi connectivity index (χ3n) is 6.79. The van der Waals surface area contributed by atoms with Crippen LogP contribution >= 0.6 is 11.3 Å². The van der Waals surface area contributed by atoms with Crippen molar-refractivity contribution in [2.75, 3.05) is 11.5 Å². The van der Waals surface area contributed by atoms with Crippen molar-refractivity contribution < 1.29 is 24.2 Å². The van der Waals surface area contributed by atoms with E-state index >= 15 is 0 Å². The molecular formula is C33H26N2O5S. The van der Waals surface area contributed by atoms with Crippen LogP contribution in [0.15, 0.2) is 103 Å². The summed E-state index contributed by atoms with van der Waals surface area (Å²) >= 11 is 1.28. The number of para-hydroxylation sites is 1. The molecule has 1 unspecified atom stereocenters. The number of aromatic nitrogens is 1. The Hall–Kier alpha value is -4.95. The molecule has 8 heteroatoms. The Morgan fingerprint density at radius 3 is 2.41 bits per heavy atom. The van der Waals surface area contributed by atoms with E-state index in [0.717, 1.165) is 10.3 Å². The highest BCUT2D eigenvalue weighted by atomic mass is 32.1. The first-order valence-electron chi connectivity index (χ1n) is 13.2. The molecule has 1 atom stereocenters. The molecule has 2 heterocycles. The molecule has 1 amide bonds. The molecule has 0 aliphatic carbocycles. The van der Waals surface area contributed by atoms with Crippen LogP contribution < -0.4 is 14.4 Å². The van der Waals surface area contributed by atoms with E-state index in [9.17, 15) is 14.7 Å². The number of anilines is 1.